The van der Waals surface area contributed by atoms with Crippen LogP contribution in [0.4, 0.5) is 0 Å². The molecule has 0 radical (unpaired) electrons. The van der Waals surface area contributed by atoms with E-state index in [9.17, 15) is 0 Å². The van der Waals surface area contributed by atoms with Crippen LogP contribution in [0.15, 0.2) is 18.5 Å². The van der Waals surface area contributed by atoms with Crippen molar-refractivity contribution in [1.82, 2.24) is 10.3 Å². The number of hydrogen-bond donors (Lipinski definition) is 1. The Bertz CT molecular complexity index is 318. The SMILES string of the molecule is CCNC(c1ccncc1CC)C1CC1. The van der Waals surface area contributed by atoms with Gasteiger partial charge < -0.3 is 5.32 Å². The quantitative estimate of drug-likeness (QED) is 0.797. The predicted octanol–water partition coefficient (Wildman–Crippen LogP) is 2.70. The minimum Gasteiger partial charge on any atom is -0.310 e. The van der Waals surface area contributed by atoms with E-state index >= 15 is 0 Å². The molecule has 1 saturated carbocycles. The number of pyridine rings is 1. The van der Waals surface area contributed by atoms with Gasteiger partial charge in [0, 0.05) is 18.4 Å². The maximum atomic E-state index is 4.21. The van der Waals surface area contributed by atoms with Crippen LogP contribution in [0.1, 0.15) is 43.9 Å². The topological polar surface area (TPSA) is 24.9 Å². The van der Waals surface area contributed by atoms with Gasteiger partial charge in [-0.2, -0.15) is 0 Å². The van der Waals surface area contributed by atoms with Gasteiger partial charge in [0.15, 0.2) is 0 Å². The van der Waals surface area contributed by atoms with Crippen LogP contribution in [0.25, 0.3) is 0 Å². The van der Waals surface area contributed by atoms with Gasteiger partial charge in [0.05, 0.1) is 0 Å². The van der Waals surface area contributed by atoms with E-state index < -0.39 is 0 Å². The molecule has 0 spiro atoms. The van der Waals surface area contributed by atoms with Gasteiger partial charge in [-0.3, -0.25) is 4.98 Å². The molecular formula is C13H20N2. The van der Waals surface area contributed by atoms with E-state index in [2.05, 4.69) is 30.2 Å². The highest BCUT2D eigenvalue weighted by molar-refractivity contribution is 5.28. The van der Waals surface area contributed by atoms with Crippen molar-refractivity contribution in [2.24, 2.45) is 5.92 Å². The molecule has 0 amide bonds. The minimum absolute atomic E-state index is 0.563. The number of nitrogens with one attached hydrogen (secondary N) is 1. The smallest absolute Gasteiger partial charge is 0.0352 e. The Morgan fingerprint density at radius 1 is 1.47 bits per heavy atom. The fraction of sp³-hybridized carbons (Fsp3) is 0.615. The zero-order chi connectivity index (χ0) is 10.7. The number of nitrogens with zero attached hydrogens (tertiary/aromatic N) is 1. The molecule has 1 unspecified atom stereocenters. The largest absolute Gasteiger partial charge is 0.310 e. The van der Waals surface area contributed by atoms with Crippen molar-refractivity contribution in [3.05, 3.63) is 29.6 Å². The van der Waals surface area contributed by atoms with Crippen LogP contribution in [0.5, 0.6) is 0 Å². The van der Waals surface area contributed by atoms with E-state index in [0.717, 1.165) is 18.9 Å². The molecule has 1 atom stereocenters. The third-order valence-corrected chi connectivity index (χ3v) is 3.17. The lowest BCUT2D eigenvalue weighted by Crippen LogP contribution is -2.23. The number of aryl methyl sites for hydroxylation is 1. The van der Waals surface area contributed by atoms with Gasteiger partial charge in [0.1, 0.15) is 0 Å². The van der Waals surface area contributed by atoms with Gasteiger partial charge in [0.25, 0.3) is 0 Å². The van der Waals surface area contributed by atoms with Crippen LogP contribution in [0.2, 0.25) is 0 Å². The highest BCUT2D eigenvalue weighted by Gasteiger charge is 2.32. The first-order valence-corrected chi connectivity index (χ1v) is 6.03. The van der Waals surface area contributed by atoms with E-state index in [1.807, 2.05) is 12.4 Å². The summed E-state index contributed by atoms with van der Waals surface area (Å²) in [6.45, 7) is 5.44. The number of hydrogen-bond acceptors (Lipinski definition) is 2. The van der Waals surface area contributed by atoms with Gasteiger partial charge in [-0.25, -0.2) is 0 Å². The molecule has 0 saturated heterocycles. The van der Waals surface area contributed by atoms with Gasteiger partial charge in [0.2, 0.25) is 0 Å². The Kier molecular flexibility index (Phi) is 3.37. The standard InChI is InChI=1S/C13H20N2/c1-3-10-9-14-8-7-12(10)13(15-4-2)11-5-6-11/h7-9,11,13,15H,3-6H2,1-2H3. The van der Waals surface area contributed by atoms with E-state index in [4.69, 9.17) is 0 Å². The Morgan fingerprint density at radius 2 is 2.27 bits per heavy atom. The first kappa shape index (κ1) is 10.6. The van der Waals surface area contributed by atoms with Crippen LogP contribution in [0, 0.1) is 5.92 Å². The summed E-state index contributed by atoms with van der Waals surface area (Å²) in [5.41, 5.74) is 2.87. The van der Waals surface area contributed by atoms with E-state index in [1.54, 1.807) is 0 Å². The van der Waals surface area contributed by atoms with Crippen LogP contribution < -0.4 is 5.32 Å². The van der Waals surface area contributed by atoms with Crippen molar-refractivity contribution < 1.29 is 0 Å². The van der Waals surface area contributed by atoms with Gasteiger partial charge in [-0.15, -0.1) is 0 Å². The van der Waals surface area contributed by atoms with Crippen molar-refractivity contribution in [1.29, 1.82) is 0 Å². The molecule has 2 nitrogen and oxygen atoms in total. The summed E-state index contributed by atoms with van der Waals surface area (Å²) in [6, 6.07) is 2.75. The second-order valence-corrected chi connectivity index (χ2v) is 4.30. The molecule has 1 fully saturated rings. The molecule has 82 valence electrons. The fourth-order valence-corrected chi connectivity index (χ4v) is 2.22. The average molecular weight is 204 g/mol. The second-order valence-electron chi connectivity index (χ2n) is 4.30. The molecule has 0 aromatic carbocycles. The minimum atomic E-state index is 0.563. The van der Waals surface area contributed by atoms with Gasteiger partial charge in [-0.05, 0) is 48.9 Å². The van der Waals surface area contributed by atoms with Crippen LogP contribution in [-0.2, 0) is 6.42 Å². The Balaban J connectivity index is 2.23. The summed E-state index contributed by atoms with van der Waals surface area (Å²) in [7, 11) is 0. The van der Waals surface area contributed by atoms with Crippen molar-refractivity contribution in [3.8, 4) is 0 Å². The molecular weight excluding hydrogens is 184 g/mol. The van der Waals surface area contributed by atoms with E-state index in [1.165, 1.54) is 24.0 Å². The van der Waals surface area contributed by atoms with Crippen molar-refractivity contribution in [3.63, 3.8) is 0 Å². The first-order valence-electron chi connectivity index (χ1n) is 6.03. The molecule has 2 rings (SSSR count). The second kappa shape index (κ2) is 4.75. The molecule has 0 aliphatic heterocycles. The highest BCUT2D eigenvalue weighted by Crippen LogP contribution is 2.41. The lowest BCUT2D eigenvalue weighted by atomic mass is 9.97. The molecule has 1 aromatic rings. The molecule has 0 bridgehead atoms. The molecule has 1 heterocycles. The van der Waals surface area contributed by atoms with Crippen LogP contribution >= 0.6 is 0 Å². The van der Waals surface area contributed by atoms with E-state index in [-0.39, 0.29) is 0 Å². The summed E-state index contributed by atoms with van der Waals surface area (Å²) < 4.78 is 0. The van der Waals surface area contributed by atoms with Gasteiger partial charge in [-0.1, -0.05) is 13.8 Å². The summed E-state index contributed by atoms with van der Waals surface area (Å²) in [4.78, 5) is 4.21. The first-order chi connectivity index (χ1) is 7.36. The fourth-order valence-electron chi connectivity index (χ4n) is 2.22. The monoisotopic (exact) mass is 204 g/mol. The zero-order valence-corrected chi connectivity index (χ0v) is 9.66. The number of rotatable bonds is 5. The molecule has 1 aliphatic carbocycles. The van der Waals surface area contributed by atoms with Gasteiger partial charge >= 0.3 is 0 Å². The zero-order valence-electron chi connectivity index (χ0n) is 9.66. The van der Waals surface area contributed by atoms with Crippen LogP contribution in [-0.4, -0.2) is 11.5 Å². The molecule has 1 aromatic heterocycles. The summed E-state index contributed by atoms with van der Waals surface area (Å²) in [5, 5.41) is 3.61. The maximum Gasteiger partial charge on any atom is 0.0352 e. The summed E-state index contributed by atoms with van der Waals surface area (Å²) in [6.07, 6.45) is 7.77. The summed E-state index contributed by atoms with van der Waals surface area (Å²) in [5.74, 6) is 0.859. The summed E-state index contributed by atoms with van der Waals surface area (Å²) >= 11 is 0. The predicted molar refractivity (Wildman–Crippen MR) is 62.8 cm³/mol. The van der Waals surface area contributed by atoms with Crippen molar-refractivity contribution in [2.45, 2.75) is 39.2 Å². The molecule has 15 heavy (non-hydrogen) atoms. The Hall–Kier alpha value is -0.890. The maximum absolute atomic E-state index is 4.21. The lowest BCUT2D eigenvalue weighted by Gasteiger charge is -2.20. The third kappa shape index (κ3) is 2.37. The molecule has 2 heteroatoms. The Labute approximate surface area is 92.1 Å². The third-order valence-electron chi connectivity index (χ3n) is 3.17. The average Bonchev–Trinajstić information content (AvgIpc) is 3.10. The highest BCUT2D eigenvalue weighted by atomic mass is 14.9. The lowest BCUT2D eigenvalue weighted by molar-refractivity contribution is 0.492. The van der Waals surface area contributed by atoms with Crippen molar-refractivity contribution in [2.75, 3.05) is 6.54 Å². The normalized spacial score (nSPS) is 17.7. The van der Waals surface area contributed by atoms with E-state index in [0.29, 0.717) is 6.04 Å². The van der Waals surface area contributed by atoms with Crippen LogP contribution in [0.3, 0.4) is 0 Å². The number of aromatic nitrogens is 1. The van der Waals surface area contributed by atoms with Crippen molar-refractivity contribution >= 4 is 0 Å². The molecule has 1 N–H and O–H groups in total. The molecule has 1 aliphatic rings. The Morgan fingerprint density at radius 3 is 2.87 bits per heavy atom.